The van der Waals surface area contributed by atoms with Gasteiger partial charge in [-0.2, -0.15) is 9.78 Å². The molecule has 0 atom stereocenters. The van der Waals surface area contributed by atoms with Gasteiger partial charge in [-0.25, -0.2) is 4.79 Å². The molecule has 2 aromatic carbocycles. The fraction of sp³-hybridized carbons (Fsp3) is 0.200. The number of thiophene rings is 1. The molecule has 0 unspecified atom stereocenters. The second-order valence-electron chi connectivity index (χ2n) is 7.49. The summed E-state index contributed by atoms with van der Waals surface area (Å²) in [5.74, 6) is -0.0579. The minimum Gasteiger partial charge on any atom is -0.497 e. The fourth-order valence-electron chi connectivity index (χ4n) is 3.43. The first kappa shape index (κ1) is 24.0. The molecule has 0 radical (unpaired) electrons. The van der Waals surface area contributed by atoms with Crippen LogP contribution in [-0.2, 0) is 9.53 Å². The average Bonchev–Trinajstić information content (AvgIpc) is 3.27. The molecule has 1 N–H and O–H groups in total. The largest absolute Gasteiger partial charge is 0.497 e. The lowest BCUT2D eigenvalue weighted by Gasteiger charge is -2.11. The van der Waals surface area contributed by atoms with E-state index in [1.54, 1.807) is 54.8 Å². The number of esters is 1. The molecule has 9 nitrogen and oxygen atoms in total. The number of hydrogen-bond acceptors (Lipinski definition) is 8. The van der Waals surface area contributed by atoms with Gasteiger partial charge in [0, 0.05) is 16.8 Å². The van der Waals surface area contributed by atoms with E-state index in [2.05, 4.69) is 10.4 Å². The zero-order chi connectivity index (χ0) is 24.9. The van der Waals surface area contributed by atoms with Gasteiger partial charge in [-0.15, -0.1) is 11.3 Å². The van der Waals surface area contributed by atoms with Crippen LogP contribution in [-0.4, -0.2) is 42.0 Å². The van der Waals surface area contributed by atoms with Gasteiger partial charge in [-0.1, -0.05) is 18.2 Å². The van der Waals surface area contributed by atoms with Crippen LogP contribution in [0.15, 0.2) is 58.7 Å². The summed E-state index contributed by atoms with van der Waals surface area (Å²) < 4.78 is 17.0. The van der Waals surface area contributed by atoms with Crippen molar-refractivity contribution in [3.05, 3.63) is 75.5 Å². The fourth-order valence-corrected chi connectivity index (χ4v) is 4.38. The predicted octanol–water partition coefficient (Wildman–Crippen LogP) is 3.96. The van der Waals surface area contributed by atoms with Crippen molar-refractivity contribution in [1.82, 2.24) is 9.78 Å². The van der Waals surface area contributed by atoms with E-state index in [1.807, 2.05) is 13.0 Å². The number of anilines is 1. The van der Waals surface area contributed by atoms with E-state index in [4.69, 9.17) is 14.2 Å². The molecule has 0 bridgehead atoms. The van der Waals surface area contributed by atoms with Crippen LogP contribution in [0.3, 0.4) is 0 Å². The zero-order valence-corrected chi connectivity index (χ0v) is 20.2. The minimum absolute atomic E-state index is 0.00710. The van der Waals surface area contributed by atoms with E-state index in [9.17, 15) is 14.4 Å². The van der Waals surface area contributed by atoms with Gasteiger partial charge >= 0.3 is 5.97 Å². The van der Waals surface area contributed by atoms with Crippen molar-refractivity contribution in [3.8, 4) is 17.2 Å². The first-order chi connectivity index (χ1) is 16.9. The monoisotopic (exact) mass is 493 g/mol. The van der Waals surface area contributed by atoms with Crippen LogP contribution in [0.4, 0.5) is 5.00 Å². The lowest BCUT2D eigenvalue weighted by Crippen LogP contribution is -2.26. The number of aryl methyl sites for hydroxylation is 1. The molecule has 0 aliphatic carbocycles. The van der Waals surface area contributed by atoms with Gasteiger partial charge in [0.2, 0.25) is 0 Å². The topological polar surface area (TPSA) is 109 Å². The van der Waals surface area contributed by atoms with Crippen molar-refractivity contribution >= 4 is 39.0 Å². The molecule has 1 amide bonds. The van der Waals surface area contributed by atoms with Gasteiger partial charge < -0.3 is 19.5 Å². The Morgan fingerprint density at radius 3 is 2.63 bits per heavy atom. The van der Waals surface area contributed by atoms with Crippen LogP contribution in [0.1, 0.15) is 23.0 Å². The number of benzene rings is 2. The zero-order valence-electron chi connectivity index (χ0n) is 19.4. The summed E-state index contributed by atoms with van der Waals surface area (Å²) in [4.78, 5) is 38.7. The number of ether oxygens (including phenoxy) is 3. The van der Waals surface area contributed by atoms with Crippen molar-refractivity contribution in [2.75, 3.05) is 25.6 Å². The van der Waals surface area contributed by atoms with E-state index in [1.165, 1.54) is 7.11 Å². The molecule has 2 heterocycles. The SMILES string of the molecule is CCOC(=O)c1nn(-c2cccc(C)c2)c(=O)c2c(NC(=O)COc3cccc(OC)c3)scc12. The highest BCUT2D eigenvalue weighted by Gasteiger charge is 2.23. The maximum absolute atomic E-state index is 13.4. The summed E-state index contributed by atoms with van der Waals surface area (Å²) in [6.45, 7) is 3.44. The van der Waals surface area contributed by atoms with Crippen molar-refractivity contribution in [2.24, 2.45) is 0 Å². The Morgan fingerprint density at radius 2 is 1.89 bits per heavy atom. The molecule has 0 saturated carbocycles. The summed E-state index contributed by atoms with van der Waals surface area (Å²) in [6, 6.07) is 14.0. The van der Waals surface area contributed by atoms with E-state index < -0.39 is 17.4 Å². The van der Waals surface area contributed by atoms with Crippen LogP contribution >= 0.6 is 11.3 Å². The summed E-state index contributed by atoms with van der Waals surface area (Å²) in [6.07, 6.45) is 0. The Balaban J connectivity index is 1.70. The molecule has 0 aliphatic rings. The third-order valence-corrected chi connectivity index (χ3v) is 5.93. The quantitative estimate of drug-likeness (QED) is 0.370. The Labute approximate surface area is 204 Å². The number of carbonyl (C=O) groups is 2. The highest BCUT2D eigenvalue weighted by atomic mass is 32.1. The number of fused-ring (bicyclic) bond motifs is 1. The van der Waals surface area contributed by atoms with Crippen LogP contribution < -0.4 is 20.3 Å². The maximum atomic E-state index is 13.4. The second kappa shape index (κ2) is 10.4. The van der Waals surface area contributed by atoms with Gasteiger partial charge in [0.05, 0.1) is 24.8 Å². The number of methoxy groups -OCH3 is 1. The number of amides is 1. The second-order valence-corrected chi connectivity index (χ2v) is 8.37. The lowest BCUT2D eigenvalue weighted by molar-refractivity contribution is -0.118. The molecular weight excluding hydrogens is 470 g/mol. The number of rotatable bonds is 8. The third kappa shape index (κ3) is 5.17. The molecule has 4 aromatic rings. The van der Waals surface area contributed by atoms with Gasteiger partial charge in [-0.3, -0.25) is 9.59 Å². The van der Waals surface area contributed by atoms with Crippen LogP contribution in [0.25, 0.3) is 16.5 Å². The summed E-state index contributed by atoms with van der Waals surface area (Å²) in [7, 11) is 1.54. The number of carbonyl (C=O) groups excluding carboxylic acids is 2. The van der Waals surface area contributed by atoms with Gasteiger partial charge in [0.1, 0.15) is 16.5 Å². The first-order valence-corrected chi connectivity index (χ1v) is 11.6. The number of nitrogens with one attached hydrogen (secondary N) is 1. The molecule has 0 fully saturated rings. The number of hydrogen-bond donors (Lipinski definition) is 1. The van der Waals surface area contributed by atoms with Crippen molar-refractivity contribution in [1.29, 1.82) is 0 Å². The Bertz CT molecular complexity index is 1460. The van der Waals surface area contributed by atoms with Crippen molar-refractivity contribution < 1.29 is 23.8 Å². The standard InChI is InChI=1S/C25H23N3O6S/c1-4-33-25(31)22-19-14-35-23(26-20(29)13-34-18-10-6-9-17(12-18)32-3)21(19)24(30)28(27-22)16-8-5-7-15(2)11-16/h5-12,14H,4,13H2,1-3H3,(H,26,29). The summed E-state index contributed by atoms with van der Waals surface area (Å²) in [5.41, 5.74) is 0.936. The number of nitrogens with zero attached hydrogens (tertiary/aromatic N) is 2. The average molecular weight is 494 g/mol. The Kier molecular flexibility index (Phi) is 7.11. The van der Waals surface area contributed by atoms with Crippen molar-refractivity contribution in [2.45, 2.75) is 13.8 Å². The van der Waals surface area contributed by atoms with Gasteiger partial charge in [-0.05, 0) is 43.7 Å². The van der Waals surface area contributed by atoms with Gasteiger partial charge in [0.25, 0.3) is 11.5 Å². The minimum atomic E-state index is -0.657. The molecular formula is C25H23N3O6S. The van der Waals surface area contributed by atoms with Crippen molar-refractivity contribution in [3.63, 3.8) is 0 Å². The predicted molar refractivity (Wildman–Crippen MR) is 133 cm³/mol. The molecule has 180 valence electrons. The molecule has 0 spiro atoms. The third-order valence-electron chi connectivity index (χ3n) is 5.03. The number of aromatic nitrogens is 2. The molecule has 2 aromatic heterocycles. The van der Waals surface area contributed by atoms with E-state index in [0.717, 1.165) is 21.6 Å². The van der Waals surface area contributed by atoms with Crippen LogP contribution in [0.2, 0.25) is 0 Å². The Morgan fingerprint density at radius 1 is 1.11 bits per heavy atom. The Hall–Kier alpha value is -4.18. The van der Waals surface area contributed by atoms with Gasteiger partial charge in [0.15, 0.2) is 12.3 Å². The molecule has 0 saturated heterocycles. The molecule has 35 heavy (non-hydrogen) atoms. The first-order valence-electron chi connectivity index (χ1n) is 10.8. The normalized spacial score (nSPS) is 10.7. The van der Waals surface area contributed by atoms with Crippen LogP contribution in [0.5, 0.6) is 11.5 Å². The maximum Gasteiger partial charge on any atom is 0.359 e. The highest BCUT2D eigenvalue weighted by molar-refractivity contribution is 7.16. The van der Waals surface area contributed by atoms with E-state index in [-0.39, 0.29) is 24.3 Å². The molecule has 0 aliphatic heterocycles. The smallest absolute Gasteiger partial charge is 0.359 e. The van der Waals surface area contributed by atoms with Crippen LogP contribution in [0, 0.1) is 6.92 Å². The summed E-state index contributed by atoms with van der Waals surface area (Å²) in [5, 5.41) is 9.40. The lowest BCUT2D eigenvalue weighted by atomic mass is 10.2. The summed E-state index contributed by atoms with van der Waals surface area (Å²) >= 11 is 1.12. The molecule has 4 rings (SSSR count). The highest BCUT2D eigenvalue weighted by Crippen LogP contribution is 2.31. The molecule has 10 heteroatoms. The van der Waals surface area contributed by atoms with E-state index >= 15 is 0 Å². The van der Waals surface area contributed by atoms with E-state index in [0.29, 0.717) is 27.6 Å².